The Morgan fingerprint density at radius 3 is 2.47 bits per heavy atom. The number of quaternary nitrogens is 1. The zero-order valence-electron chi connectivity index (χ0n) is 10.1. The molecular weight excluding hydrogens is 258 g/mol. The van der Waals surface area contributed by atoms with E-state index in [1.54, 1.807) is 0 Å². The van der Waals surface area contributed by atoms with Gasteiger partial charge in [-0.25, -0.2) is 0 Å². The minimum absolute atomic E-state index is 0. The van der Waals surface area contributed by atoms with Crippen LogP contribution >= 0.6 is 0 Å². The van der Waals surface area contributed by atoms with Gasteiger partial charge in [0.15, 0.2) is 22.9 Å². The maximum atomic E-state index is 5.95. The van der Waals surface area contributed by atoms with E-state index in [2.05, 4.69) is 41.7 Å². The van der Waals surface area contributed by atoms with Gasteiger partial charge in [0.1, 0.15) is 0 Å². The summed E-state index contributed by atoms with van der Waals surface area (Å²) in [4.78, 5) is 0. The number of fused-ring (bicyclic) bond motifs is 4. The first-order chi connectivity index (χ1) is 8.92. The maximum Gasteiger partial charge on any atom is 0.189 e. The summed E-state index contributed by atoms with van der Waals surface area (Å²) in [5, 5.41) is 4.69. The highest BCUT2D eigenvalue weighted by Gasteiger charge is 2.22. The van der Waals surface area contributed by atoms with Gasteiger partial charge >= 0.3 is 0 Å². The minimum atomic E-state index is 0. The number of para-hydroxylation sites is 2. The number of nitrogens with two attached hydrogens (primary N) is 1. The molecule has 1 aliphatic heterocycles. The van der Waals surface area contributed by atoms with Crippen molar-refractivity contribution in [1.29, 1.82) is 0 Å². The Morgan fingerprint density at radius 1 is 0.737 bits per heavy atom. The molecule has 3 heteroatoms. The van der Waals surface area contributed by atoms with E-state index in [0.717, 1.165) is 17.2 Å². The van der Waals surface area contributed by atoms with Gasteiger partial charge in [-0.2, -0.15) is 0 Å². The number of rotatable bonds is 0. The molecule has 0 spiro atoms. The Morgan fingerprint density at radius 2 is 1.53 bits per heavy atom. The molecule has 2 nitrogen and oxygen atoms in total. The largest absolute Gasteiger partial charge is 1.00 e. The fraction of sp³-hybridized carbons (Fsp3) is 0. The smallest absolute Gasteiger partial charge is 0.189 e. The molecule has 0 amide bonds. The molecule has 0 atom stereocenters. The third-order valence-electron chi connectivity index (χ3n) is 3.37. The van der Waals surface area contributed by atoms with Crippen LogP contribution in [0.3, 0.4) is 0 Å². The maximum absolute atomic E-state index is 5.95. The summed E-state index contributed by atoms with van der Waals surface area (Å²) in [6, 6.07) is 20.7. The lowest BCUT2D eigenvalue weighted by molar-refractivity contribution is -0.481. The molecule has 0 aliphatic carbocycles. The number of ether oxygens (including phenoxy) is 1. The van der Waals surface area contributed by atoms with E-state index in [1.807, 2.05) is 24.3 Å². The van der Waals surface area contributed by atoms with Crippen LogP contribution in [0.1, 0.15) is 0 Å². The second kappa shape index (κ2) is 4.57. The zero-order chi connectivity index (χ0) is 11.9. The molecule has 1 heterocycles. The highest BCUT2D eigenvalue weighted by atomic mass is 35.5. The van der Waals surface area contributed by atoms with Crippen LogP contribution < -0.4 is 22.5 Å². The van der Waals surface area contributed by atoms with Gasteiger partial charge in [0, 0.05) is 11.5 Å². The lowest BCUT2D eigenvalue weighted by Crippen LogP contribution is -3.00. The normalized spacial score (nSPS) is 12.0. The Labute approximate surface area is 117 Å². The van der Waals surface area contributed by atoms with Crippen molar-refractivity contribution in [2.24, 2.45) is 0 Å². The monoisotopic (exact) mass is 269 g/mol. The second-order valence-electron chi connectivity index (χ2n) is 4.48. The molecule has 4 rings (SSSR count). The molecule has 3 aromatic carbocycles. The van der Waals surface area contributed by atoms with Gasteiger partial charge in [0.2, 0.25) is 0 Å². The SMILES string of the molecule is [Cl-].c1ccc2c(c1)[NH2+]c1c(ccc3ccccc13)O2. The average molecular weight is 270 g/mol. The number of hydrogen-bond donors (Lipinski definition) is 1. The minimum Gasteiger partial charge on any atom is -1.00 e. The van der Waals surface area contributed by atoms with Crippen LogP contribution in [0.2, 0.25) is 0 Å². The predicted octanol–water partition coefficient (Wildman–Crippen LogP) is 0.476. The number of halogens is 1. The van der Waals surface area contributed by atoms with Crippen molar-refractivity contribution in [2.45, 2.75) is 0 Å². The van der Waals surface area contributed by atoms with Crippen LogP contribution in [0.5, 0.6) is 11.5 Å². The van der Waals surface area contributed by atoms with E-state index >= 15 is 0 Å². The average Bonchev–Trinajstić information content (AvgIpc) is 2.45. The molecule has 1 aliphatic rings. The van der Waals surface area contributed by atoms with Gasteiger partial charge in [-0.1, -0.05) is 36.4 Å². The molecule has 19 heavy (non-hydrogen) atoms. The lowest BCUT2D eigenvalue weighted by Gasteiger charge is -2.18. The molecular formula is C16H12ClNO. The van der Waals surface area contributed by atoms with Crippen LogP contribution in [0.4, 0.5) is 11.4 Å². The van der Waals surface area contributed by atoms with E-state index in [-0.39, 0.29) is 12.4 Å². The van der Waals surface area contributed by atoms with Crippen molar-refractivity contribution in [3.63, 3.8) is 0 Å². The first-order valence-corrected chi connectivity index (χ1v) is 6.05. The fourth-order valence-electron chi connectivity index (χ4n) is 2.48. The summed E-state index contributed by atoms with van der Waals surface area (Å²) < 4.78 is 5.95. The van der Waals surface area contributed by atoms with E-state index in [0.29, 0.717) is 0 Å². The molecule has 0 unspecified atom stereocenters. The van der Waals surface area contributed by atoms with Crippen LogP contribution in [0.15, 0.2) is 60.7 Å². The van der Waals surface area contributed by atoms with Crippen LogP contribution in [0, 0.1) is 0 Å². The molecule has 2 N–H and O–H groups in total. The highest BCUT2D eigenvalue weighted by molar-refractivity contribution is 5.94. The van der Waals surface area contributed by atoms with Gasteiger partial charge < -0.3 is 17.1 Å². The quantitative estimate of drug-likeness (QED) is 0.462. The summed E-state index contributed by atoms with van der Waals surface area (Å²) in [5.74, 6) is 1.87. The van der Waals surface area contributed by atoms with E-state index < -0.39 is 0 Å². The van der Waals surface area contributed by atoms with E-state index in [4.69, 9.17) is 4.74 Å². The Balaban J connectivity index is 0.00000110. The van der Waals surface area contributed by atoms with Crippen molar-refractivity contribution >= 4 is 22.1 Å². The molecule has 94 valence electrons. The summed E-state index contributed by atoms with van der Waals surface area (Å²) in [6.07, 6.45) is 0. The van der Waals surface area contributed by atoms with E-state index in [1.165, 1.54) is 16.5 Å². The zero-order valence-corrected chi connectivity index (χ0v) is 10.9. The van der Waals surface area contributed by atoms with Crippen LogP contribution in [0.25, 0.3) is 10.8 Å². The van der Waals surface area contributed by atoms with Gasteiger partial charge in [0.05, 0.1) is 0 Å². The van der Waals surface area contributed by atoms with Crippen molar-refractivity contribution in [3.8, 4) is 11.5 Å². The number of benzene rings is 3. The summed E-state index contributed by atoms with van der Waals surface area (Å²) in [5.41, 5.74) is 2.31. The standard InChI is InChI=1S/C16H11NO.ClH/c1-2-6-12-11(5-1)9-10-15-16(12)17-13-7-3-4-8-14(13)18-15;/h1-10,17H;1H. The summed E-state index contributed by atoms with van der Waals surface area (Å²) in [7, 11) is 0. The van der Waals surface area contributed by atoms with Crippen LogP contribution in [-0.2, 0) is 0 Å². The van der Waals surface area contributed by atoms with Crippen LogP contribution in [-0.4, -0.2) is 0 Å². The fourth-order valence-corrected chi connectivity index (χ4v) is 2.48. The number of hydrogen-bond acceptors (Lipinski definition) is 1. The van der Waals surface area contributed by atoms with Crippen molar-refractivity contribution in [1.82, 2.24) is 0 Å². The first kappa shape index (κ1) is 12.0. The molecule has 0 saturated heterocycles. The summed E-state index contributed by atoms with van der Waals surface area (Å²) >= 11 is 0. The molecule has 0 bridgehead atoms. The van der Waals surface area contributed by atoms with Crippen molar-refractivity contribution in [2.75, 3.05) is 0 Å². The lowest BCUT2D eigenvalue weighted by atomic mass is 10.1. The molecule has 3 aromatic rings. The van der Waals surface area contributed by atoms with Gasteiger partial charge in [0.25, 0.3) is 0 Å². The summed E-state index contributed by atoms with van der Waals surface area (Å²) in [6.45, 7) is 0. The first-order valence-electron chi connectivity index (χ1n) is 6.05. The molecule has 0 saturated carbocycles. The van der Waals surface area contributed by atoms with E-state index in [9.17, 15) is 0 Å². The Bertz CT molecular complexity index is 755. The van der Waals surface area contributed by atoms with Gasteiger partial charge in [-0.15, -0.1) is 0 Å². The second-order valence-corrected chi connectivity index (χ2v) is 4.48. The third kappa shape index (κ3) is 1.86. The molecule has 0 aromatic heterocycles. The molecule has 0 fully saturated rings. The Kier molecular flexibility index (Phi) is 2.90. The molecule has 0 radical (unpaired) electrons. The van der Waals surface area contributed by atoms with Gasteiger partial charge in [-0.3, -0.25) is 5.32 Å². The van der Waals surface area contributed by atoms with Crippen molar-refractivity contribution in [3.05, 3.63) is 60.7 Å². The van der Waals surface area contributed by atoms with Crippen molar-refractivity contribution < 1.29 is 22.5 Å². The highest BCUT2D eigenvalue weighted by Crippen LogP contribution is 2.38. The Hall–Kier alpha value is -2.03. The predicted molar refractivity (Wildman–Crippen MR) is 71.7 cm³/mol. The van der Waals surface area contributed by atoms with Gasteiger partial charge in [-0.05, 0) is 23.6 Å². The topological polar surface area (TPSA) is 25.8 Å². The third-order valence-corrected chi connectivity index (χ3v) is 3.37.